The van der Waals surface area contributed by atoms with Gasteiger partial charge in [-0.25, -0.2) is 0 Å². The summed E-state index contributed by atoms with van der Waals surface area (Å²) in [6.07, 6.45) is 6.47. The van der Waals surface area contributed by atoms with Crippen LogP contribution in [0.4, 0.5) is 0 Å². The zero-order valence-electron chi connectivity index (χ0n) is 9.35. The van der Waals surface area contributed by atoms with Gasteiger partial charge in [-0.3, -0.25) is 10.1 Å². The molecule has 2 heterocycles. The van der Waals surface area contributed by atoms with Crippen molar-refractivity contribution in [2.45, 2.75) is 19.4 Å². The first-order valence-electron chi connectivity index (χ1n) is 5.48. The number of rotatable bonds is 5. The minimum absolute atomic E-state index is 0.305. The lowest BCUT2D eigenvalue weighted by Crippen LogP contribution is -2.21. The van der Waals surface area contributed by atoms with E-state index in [1.807, 2.05) is 18.3 Å². The summed E-state index contributed by atoms with van der Waals surface area (Å²) in [5.41, 5.74) is 2.37. The molecule has 4 nitrogen and oxygen atoms in total. The standard InChI is InChI=1S/C12H16N4/c1-10(12-5-8-15-16-12)14-7-4-11-3-2-6-13-9-11/h2-3,5-6,8-10,14H,4,7H2,1H3,(H,15,16). The Morgan fingerprint density at radius 2 is 2.31 bits per heavy atom. The molecule has 0 aliphatic heterocycles. The summed E-state index contributed by atoms with van der Waals surface area (Å²) in [5, 5.41) is 10.3. The summed E-state index contributed by atoms with van der Waals surface area (Å²) in [6.45, 7) is 3.06. The minimum Gasteiger partial charge on any atom is -0.309 e. The Balaban J connectivity index is 1.76. The Kier molecular flexibility index (Phi) is 3.66. The van der Waals surface area contributed by atoms with Crippen molar-refractivity contribution in [3.63, 3.8) is 0 Å². The van der Waals surface area contributed by atoms with Crippen LogP contribution in [0.3, 0.4) is 0 Å². The number of nitrogens with one attached hydrogen (secondary N) is 2. The molecule has 2 aromatic heterocycles. The summed E-state index contributed by atoms with van der Waals surface area (Å²) in [5.74, 6) is 0. The molecule has 2 N–H and O–H groups in total. The van der Waals surface area contributed by atoms with Crippen LogP contribution in [0.2, 0.25) is 0 Å². The molecule has 1 unspecified atom stereocenters. The number of nitrogens with zero attached hydrogens (tertiary/aromatic N) is 2. The molecule has 16 heavy (non-hydrogen) atoms. The first-order chi connectivity index (χ1) is 7.86. The normalized spacial score (nSPS) is 12.6. The van der Waals surface area contributed by atoms with Gasteiger partial charge in [-0.15, -0.1) is 0 Å². The Morgan fingerprint density at radius 3 is 3.00 bits per heavy atom. The van der Waals surface area contributed by atoms with Crippen molar-refractivity contribution in [2.75, 3.05) is 6.54 Å². The lowest BCUT2D eigenvalue weighted by molar-refractivity contribution is 0.562. The van der Waals surface area contributed by atoms with Crippen molar-refractivity contribution in [1.29, 1.82) is 0 Å². The molecule has 0 aromatic carbocycles. The van der Waals surface area contributed by atoms with Gasteiger partial charge in [0.05, 0.1) is 5.69 Å². The van der Waals surface area contributed by atoms with E-state index in [0.29, 0.717) is 6.04 Å². The number of hydrogen-bond donors (Lipinski definition) is 2. The van der Waals surface area contributed by atoms with Gasteiger partial charge in [-0.2, -0.15) is 5.10 Å². The predicted molar refractivity (Wildman–Crippen MR) is 62.9 cm³/mol. The zero-order valence-corrected chi connectivity index (χ0v) is 9.35. The van der Waals surface area contributed by atoms with Crippen LogP contribution < -0.4 is 5.32 Å². The van der Waals surface area contributed by atoms with Gasteiger partial charge in [-0.05, 0) is 37.6 Å². The van der Waals surface area contributed by atoms with E-state index in [9.17, 15) is 0 Å². The summed E-state index contributed by atoms with van der Waals surface area (Å²) >= 11 is 0. The van der Waals surface area contributed by atoms with Crippen LogP contribution in [0.25, 0.3) is 0 Å². The van der Waals surface area contributed by atoms with E-state index in [1.54, 1.807) is 12.4 Å². The van der Waals surface area contributed by atoms with Crippen molar-refractivity contribution in [2.24, 2.45) is 0 Å². The second-order valence-electron chi connectivity index (χ2n) is 3.80. The highest BCUT2D eigenvalue weighted by Gasteiger charge is 2.04. The number of aromatic amines is 1. The second-order valence-corrected chi connectivity index (χ2v) is 3.80. The Bertz CT molecular complexity index is 396. The molecule has 0 aliphatic rings. The van der Waals surface area contributed by atoms with Crippen molar-refractivity contribution in [1.82, 2.24) is 20.5 Å². The number of aromatic nitrogens is 3. The molecule has 0 fully saturated rings. The van der Waals surface area contributed by atoms with Gasteiger partial charge in [0.25, 0.3) is 0 Å². The largest absolute Gasteiger partial charge is 0.309 e. The minimum atomic E-state index is 0.305. The van der Waals surface area contributed by atoms with Crippen LogP contribution >= 0.6 is 0 Å². The van der Waals surface area contributed by atoms with Crippen molar-refractivity contribution in [3.8, 4) is 0 Å². The highest BCUT2D eigenvalue weighted by atomic mass is 15.1. The van der Waals surface area contributed by atoms with Crippen LogP contribution in [0, 0.1) is 0 Å². The SMILES string of the molecule is CC(NCCc1cccnc1)c1ccn[nH]1. The van der Waals surface area contributed by atoms with Gasteiger partial charge in [0.2, 0.25) is 0 Å². The maximum absolute atomic E-state index is 4.09. The number of hydrogen-bond acceptors (Lipinski definition) is 3. The molecule has 0 bridgehead atoms. The van der Waals surface area contributed by atoms with E-state index < -0.39 is 0 Å². The third kappa shape index (κ3) is 2.90. The fourth-order valence-electron chi connectivity index (χ4n) is 1.60. The maximum Gasteiger partial charge on any atom is 0.0518 e. The molecular formula is C12H16N4. The molecular weight excluding hydrogens is 200 g/mol. The second kappa shape index (κ2) is 5.42. The Labute approximate surface area is 95.1 Å². The molecule has 2 aromatic rings. The molecule has 0 radical (unpaired) electrons. The lowest BCUT2D eigenvalue weighted by atomic mass is 10.2. The molecule has 0 amide bonds. The van der Waals surface area contributed by atoms with E-state index in [2.05, 4.69) is 33.5 Å². The topological polar surface area (TPSA) is 53.6 Å². The van der Waals surface area contributed by atoms with E-state index in [1.165, 1.54) is 5.56 Å². The van der Waals surface area contributed by atoms with Gasteiger partial charge in [0, 0.05) is 24.6 Å². The smallest absolute Gasteiger partial charge is 0.0518 e. The highest BCUT2D eigenvalue weighted by Crippen LogP contribution is 2.07. The summed E-state index contributed by atoms with van der Waals surface area (Å²) < 4.78 is 0. The molecule has 0 saturated heterocycles. The summed E-state index contributed by atoms with van der Waals surface area (Å²) in [4.78, 5) is 4.09. The van der Waals surface area contributed by atoms with Crippen molar-refractivity contribution >= 4 is 0 Å². The summed E-state index contributed by atoms with van der Waals surface area (Å²) in [6, 6.07) is 6.35. The predicted octanol–water partition coefficient (Wildman–Crippen LogP) is 1.70. The van der Waals surface area contributed by atoms with Crippen molar-refractivity contribution in [3.05, 3.63) is 48.0 Å². The van der Waals surface area contributed by atoms with Gasteiger partial charge in [0.15, 0.2) is 0 Å². The van der Waals surface area contributed by atoms with Crippen LogP contribution in [0.1, 0.15) is 24.2 Å². The zero-order chi connectivity index (χ0) is 11.2. The maximum atomic E-state index is 4.09. The molecule has 0 spiro atoms. The van der Waals surface area contributed by atoms with Gasteiger partial charge in [0.1, 0.15) is 0 Å². The quantitative estimate of drug-likeness (QED) is 0.799. The van der Waals surface area contributed by atoms with Crippen LogP contribution in [0.15, 0.2) is 36.8 Å². The first-order valence-corrected chi connectivity index (χ1v) is 5.48. The average molecular weight is 216 g/mol. The van der Waals surface area contributed by atoms with Crippen LogP contribution in [-0.2, 0) is 6.42 Å². The van der Waals surface area contributed by atoms with Crippen LogP contribution in [0.5, 0.6) is 0 Å². The van der Waals surface area contributed by atoms with Gasteiger partial charge < -0.3 is 5.32 Å². The van der Waals surface area contributed by atoms with Crippen molar-refractivity contribution < 1.29 is 0 Å². The molecule has 2 rings (SSSR count). The number of H-pyrrole nitrogens is 1. The molecule has 4 heteroatoms. The van der Waals surface area contributed by atoms with Gasteiger partial charge in [-0.1, -0.05) is 6.07 Å². The molecule has 0 aliphatic carbocycles. The highest BCUT2D eigenvalue weighted by molar-refractivity contribution is 5.09. The van der Waals surface area contributed by atoms with E-state index in [4.69, 9.17) is 0 Å². The first kappa shape index (κ1) is 10.8. The third-order valence-electron chi connectivity index (χ3n) is 2.58. The van der Waals surface area contributed by atoms with Gasteiger partial charge >= 0.3 is 0 Å². The van der Waals surface area contributed by atoms with Crippen LogP contribution in [-0.4, -0.2) is 21.7 Å². The molecule has 84 valence electrons. The Morgan fingerprint density at radius 1 is 1.38 bits per heavy atom. The average Bonchev–Trinajstić information content (AvgIpc) is 2.84. The Hall–Kier alpha value is -1.68. The fraction of sp³-hybridized carbons (Fsp3) is 0.333. The molecule has 0 saturated carbocycles. The summed E-state index contributed by atoms with van der Waals surface area (Å²) in [7, 11) is 0. The number of pyridine rings is 1. The fourth-order valence-corrected chi connectivity index (χ4v) is 1.60. The molecule has 1 atom stereocenters. The van der Waals surface area contributed by atoms with E-state index >= 15 is 0 Å². The lowest BCUT2D eigenvalue weighted by Gasteiger charge is -2.11. The third-order valence-corrected chi connectivity index (χ3v) is 2.58. The van der Waals surface area contributed by atoms with E-state index in [0.717, 1.165) is 18.7 Å². The monoisotopic (exact) mass is 216 g/mol. The van der Waals surface area contributed by atoms with E-state index in [-0.39, 0.29) is 0 Å².